The zero-order valence-electron chi connectivity index (χ0n) is 8.82. The highest BCUT2D eigenvalue weighted by atomic mass is 16.6. The lowest BCUT2D eigenvalue weighted by molar-refractivity contribution is 0.104. The molecule has 14 heavy (non-hydrogen) atoms. The number of carbonyl (C=O) groups is 1. The van der Waals surface area contributed by atoms with E-state index in [9.17, 15) is 4.79 Å². The molecule has 3 unspecified atom stereocenters. The van der Waals surface area contributed by atoms with Crippen molar-refractivity contribution < 1.29 is 9.53 Å². The number of rotatable bonds is 1. The van der Waals surface area contributed by atoms with E-state index in [1.54, 1.807) is 0 Å². The number of nitrogens with zero attached hydrogens (tertiary/aromatic N) is 1. The highest BCUT2D eigenvalue weighted by molar-refractivity contribution is 5.68. The molecule has 4 heteroatoms. The zero-order chi connectivity index (χ0) is 10.3. The predicted octanol–water partition coefficient (Wildman–Crippen LogP) is 0.954. The van der Waals surface area contributed by atoms with Crippen LogP contribution in [0.5, 0.6) is 0 Å². The highest BCUT2D eigenvalue weighted by Crippen LogP contribution is 2.53. The molecule has 0 bridgehead atoms. The molecule has 4 nitrogen and oxygen atoms in total. The van der Waals surface area contributed by atoms with Crippen molar-refractivity contribution in [1.29, 1.82) is 0 Å². The summed E-state index contributed by atoms with van der Waals surface area (Å²) in [6.45, 7) is 5.13. The average Bonchev–Trinajstić information content (AvgIpc) is 2.56. The second-order valence-electron chi connectivity index (χ2n) is 4.55. The van der Waals surface area contributed by atoms with Crippen molar-refractivity contribution in [3.8, 4) is 0 Å². The molecule has 0 aromatic rings. The Kier molecular flexibility index (Phi) is 2.18. The molecule has 1 saturated heterocycles. The summed E-state index contributed by atoms with van der Waals surface area (Å²) in [6, 6.07) is 0.576. The molecular weight excluding hydrogens is 180 g/mol. The first-order valence-electron chi connectivity index (χ1n) is 5.28. The SMILES string of the molecule is CCOC(=O)N1CC2(CC1C)CC2N. The molecule has 2 aliphatic rings. The number of nitrogens with two attached hydrogens (primary N) is 1. The van der Waals surface area contributed by atoms with Crippen molar-refractivity contribution in [3.63, 3.8) is 0 Å². The number of amides is 1. The first-order chi connectivity index (χ1) is 6.59. The Labute approximate surface area is 84.4 Å². The van der Waals surface area contributed by atoms with Crippen LogP contribution in [-0.4, -0.2) is 36.2 Å². The number of hydrogen-bond donors (Lipinski definition) is 1. The molecule has 2 N–H and O–H groups in total. The van der Waals surface area contributed by atoms with Crippen LogP contribution in [0.15, 0.2) is 0 Å². The first kappa shape index (κ1) is 9.77. The lowest BCUT2D eigenvalue weighted by Crippen LogP contribution is -2.35. The molecule has 0 aromatic heterocycles. The summed E-state index contributed by atoms with van der Waals surface area (Å²) in [7, 11) is 0. The fraction of sp³-hybridized carbons (Fsp3) is 0.900. The number of hydrogen-bond acceptors (Lipinski definition) is 3. The highest BCUT2D eigenvalue weighted by Gasteiger charge is 2.58. The van der Waals surface area contributed by atoms with E-state index in [2.05, 4.69) is 6.92 Å². The maximum absolute atomic E-state index is 11.5. The van der Waals surface area contributed by atoms with Gasteiger partial charge in [-0.1, -0.05) is 0 Å². The number of likely N-dealkylation sites (tertiary alicyclic amines) is 1. The van der Waals surface area contributed by atoms with E-state index in [1.807, 2.05) is 11.8 Å². The van der Waals surface area contributed by atoms with Gasteiger partial charge in [0.2, 0.25) is 0 Å². The summed E-state index contributed by atoms with van der Waals surface area (Å²) in [6.07, 6.45) is 1.91. The van der Waals surface area contributed by atoms with Crippen molar-refractivity contribution in [2.24, 2.45) is 11.1 Å². The summed E-state index contributed by atoms with van der Waals surface area (Å²) in [4.78, 5) is 13.4. The molecule has 1 aliphatic carbocycles. The zero-order valence-corrected chi connectivity index (χ0v) is 8.82. The summed E-state index contributed by atoms with van der Waals surface area (Å²) in [5.41, 5.74) is 6.11. The second kappa shape index (κ2) is 3.12. The maximum atomic E-state index is 11.5. The quantitative estimate of drug-likeness (QED) is 0.682. The Balaban J connectivity index is 1.98. The summed E-state index contributed by atoms with van der Waals surface area (Å²) >= 11 is 0. The topological polar surface area (TPSA) is 55.6 Å². The molecular formula is C10H18N2O2. The van der Waals surface area contributed by atoms with E-state index < -0.39 is 0 Å². The largest absolute Gasteiger partial charge is 0.450 e. The minimum Gasteiger partial charge on any atom is -0.450 e. The minimum atomic E-state index is -0.184. The molecule has 2 fully saturated rings. The monoisotopic (exact) mass is 198 g/mol. The molecule has 1 aliphatic heterocycles. The van der Waals surface area contributed by atoms with Crippen molar-refractivity contribution in [2.75, 3.05) is 13.2 Å². The lowest BCUT2D eigenvalue weighted by Gasteiger charge is -2.20. The van der Waals surface area contributed by atoms with Gasteiger partial charge >= 0.3 is 6.09 Å². The van der Waals surface area contributed by atoms with Gasteiger partial charge < -0.3 is 15.4 Å². The normalized spacial score (nSPS) is 40.4. The second-order valence-corrected chi connectivity index (χ2v) is 4.55. The Morgan fingerprint density at radius 3 is 2.71 bits per heavy atom. The van der Waals surface area contributed by atoms with Crippen molar-refractivity contribution in [1.82, 2.24) is 4.90 Å². The van der Waals surface area contributed by atoms with Gasteiger partial charge in [-0.15, -0.1) is 0 Å². The minimum absolute atomic E-state index is 0.184. The average molecular weight is 198 g/mol. The molecule has 1 heterocycles. The third kappa shape index (κ3) is 1.38. The number of carbonyl (C=O) groups excluding carboxylic acids is 1. The first-order valence-corrected chi connectivity index (χ1v) is 5.28. The standard InChI is InChI=1S/C10H18N2O2/c1-3-14-9(13)12-6-10(4-7(12)2)5-8(10)11/h7-8H,3-6,11H2,1-2H3. The summed E-state index contributed by atoms with van der Waals surface area (Å²) in [5.74, 6) is 0. The van der Waals surface area contributed by atoms with Gasteiger partial charge in [0.15, 0.2) is 0 Å². The van der Waals surface area contributed by atoms with Crippen LogP contribution in [0, 0.1) is 5.41 Å². The van der Waals surface area contributed by atoms with Crippen LogP contribution >= 0.6 is 0 Å². The third-order valence-corrected chi connectivity index (χ3v) is 3.47. The van der Waals surface area contributed by atoms with Gasteiger partial charge in [-0.05, 0) is 26.7 Å². The van der Waals surface area contributed by atoms with Crippen LogP contribution in [0.25, 0.3) is 0 Å². The fourth-order valence-electron chi connectivity index (χ4n) is 2.50. The van der Waals surface area contributed by atoms with E-state index in [0.717, 1.165) is 19.4 Å². The van der Waals surface area contributed by atoms with Gasteiger partial charge in [0.05, 0.1) is 6.61 Å². The van der Waals surface area contributed by atoms with E-state index in [1.165, 1.54) is 0 Å². The molecule has 1 amide bonds. The van der Waals surface area contributed by atoms with Gasteiger partial charge in [-0.25, -0.2) is 4.79 Å². The molecule has 1 saturated carbocycles. The Morgan fingerprint density at radius 1 is 1.64 bits per heavy atom. The Morgan fingerprint density at radius 2 is 2.29 bits per heavy atom. The van der Waals surface area contributed by atoms with Crippen molar-refractivity contribution in [2.45, 2.75) is 38.8 Å². The van der Waals surface area contributed by atoms with E-state index in [0.29, 0.717) is 12.6 Å². The van der Waals surface area contributed by atoms with Crippen molar-refractivity contribution >= 4 is 6.09 Å². The summed E-state index contributed by atoms with van der Waals surface area (Å²) in [5, 5.41) is 0. The van der Waals surface area contributed by atoms with E-state index in [4.69, 9.17) is 10.5 Å². The maximum Gasteiger partial charge on any atom is 0.410 e. The van der Waals surface area contributed by atoms with Crippen LogP contribution in [-0.2, 0) is 4.74 Å². The molecule has 80 valence electrons. The third-order valence-electron chi connectivity index (χ3n) is 3.47. The van der Waals surface area contributed by atoms with Gasteiger partial charge in [0, 0.05) is 24.0 Å². The Bertz CT molecular complexity index is 257. The van der Waals surface area contributed by atoms with E-state index >= 15 is 0 Å². The van der Waals surface area contributed by atoms with Crippen LogP contribution in [0.2, 0.25) is 0 Å². The van der Waals surface area contributed by atoms with Crippen LogP contribution in [0.4, 0.5) is 4.79 Å². The van der Waals surface area contributed by atoms with Crippen LogP contribution in [0.3, 0.4) is 0 Å². The molecule has 1 spiro atoms. The van der Waals surface area contributed by atoms with Crippen LogP contribution < -0.4 is 5.73 Å². The summed E-state index contributed by atoms with van der Waals surface area (Å²) < 4.78 is 5.00. The predicted molar refractivity (Wildman–Crippen MR) is 52.8 cm³/mol. The molecule has 2 rings (SSSR count). The lowest BCUT2D eigenvalue weighted by atomic mass is 10.0. The van der Waals surface area contributed by atoms with Crippen LogP contribution in [0.1, 0.15) is 26.7 Å². The van der Waals surface area contributed by atoms with Crippen molar-refractivity contribution in [3.05, 3.63) is 0 Å². The fourth-order valence-corrected chi connectivity index (χ4v) is 2.50. The van der Waals surface area contributed by atoms with Gasteiger partial charge in [0.25, 0.3) is 0 Å². The number of ether oxygens (including phenoxy) is 1. The molecule has 3 atom stereocenters. The molecule has 0 radical (unpaired) electrons. The van der Waals surface area contributed by atoms with E-state index in [-0.39, 0.29) is 17.6 Å². The van der Waals surface area contributed by atoms with Gasteiger partial charge in [-0.2, -0.15) is 0 Å². The Hall–Kier alpha value is -0.770. The van der Waals surface area contributed by atoms with Gasteiger partial charge in [0.1, 0.15) is 0 Å². The van der Waals surface area contributed by atoms with Gasteiger partial charge in [-0.3, -0.25) is 0 Å². The molecule has 0 aromatic carbocycles. The smallest absolute Gasteiger partial charge is 0.410 e.